The van der Waals surface area contributed by atoms with Gasteiger partial charge in [-0.2, -0.15) is 0 Å². The Bertz CT molecular complexity index is 290. The third-order valence-electron chi connectivity index (χ3n) is 2.34. The van der Waals surface area contributed by atoms with Gasteiger partial charge >= 0.3 is 0 Å². The van der Waals surface area contributed by atoms with E-state index in [9.17, 15) is 0 Å². The largest absolute Gasteiger partial charge is 0.130 e. The van der Waals surface area contributed by atoms with Gasteiger partial charge in [0.25, 0.3) is 0 Å². The Morgan fingerprint density at radius 1 is 1.24 bits per heavy atom. The van der Waals surface area contributed by atoms with Crippen molar-refractivity contribution in [2.24, 2.45) is 5.41 Å². The predicted octanol–water partition coefficient (Wildman–Crippen LogP) is 5.74. The monoisotopic (exact) mass is 250 g/mol. The van der Waals surface area contributed by atoms with Gasteiger partial charge in [0.05, 0.1) is 8.07 Å². The fraction of sp³-hybridized carbons (Fsp3) is 0.688. The van der Waals surface area contributed by atoms with Gasteiger partial charge in [0.2, 0.25) is 0 Å². The average molecular weight is 251 g/mol. The van der Waals surface area contributed by atoms with E-state index in [1.54, 1.807) is 0 Å². The molecule has 0 saturated carbocycles. The second-order valence-electron chi connectivity index (χ2n) is 7.18. The van der Waals surface area contributed by atoms with Crippen LogP contribution in [-0.2, 0) is 0 Å². The minimum Gasteiger partial charge on any atom is -0.130 e. The number of hydrogen-bond acceptors (Lipinski definition) is 0. The highest BCUT2D eigenvalue weighted by Gasteiger charge is 2.13. The minimum atomic E-state index is -1.12. The highest BCUT2D eigenvalue weighted by Crippen LogP contribution is 2.26. The maximum atomic E-state index is 3.79. The molecule has 0 saturated heterocycles. The summed E-state index contributed by atoms with van der Waals surface area (Å²) in [5.74, 6) is 0. The molecule has 98 valence electrons. The Kier molecular flexibility index (Phi) is 6.82. The number of rotatable bonds is 6. The van der Waals surface area contributed by atoms with Crippen molar-refractivity contribution in [3.05, 3.63) is 29.7 Å². The lowest BCUT2D eigenvalue weighted by molar-refractivity contribution is 0.403. The van der Waals surface area contributed by atoms with Crippen molar-refractivity contribution >= 4 is 8.07 Å². The van der Waals surface area contributed by atoms with Gasteiger partial charge in [0, 0.05) is 0 Å². The molecule has 17 heavy (non-hydrogen) atoms. The molecule has 0 amide bonds. The predicted molar refractivity (Wildman–Crippen MR) is 83.1 cm³/mol. The van der Waals surface area contributed by atoms with Gasteiger partial charge in [-0.1, -0.05) is 52.2 Å². The third-order valence-corrected chi connectivity index (χ3v) is 3.35. The zero-order valence-electron chi connectivity index (χ0n) is 12.7. The van der Waals surface area contributed by atoms with Crippen LogP contribution in [0.15, 0.2) is 29.7 Å². The molecule has 0 aromatic rings. The van der Waals surface area contributed by atoms with E-state index < -0.39 is 8.07 Å². The summed E-state index contributed by atoms with van der Waals surface area (Å²) in [4.78, 5) is 0. The van der Waals surface area contributed by atoms with E-state index in [-0.39, 0.29) is 0 Å². The Balaban J connectivity index is 4.72. The smallest absolute Gasteiger partial charge is 0.0781 e. The van der Waals surface area contributed by atoms with Crippen LogP contribution in [0, 0.1) is 5.41 Å². The molecule has 0 aromatic carbocycles. The normalized spacial score (nSPS) is 11.9. The van der Waals surface area contributed by atoms with Crippen molar-refractivity contribution in [1.82, 2.24) is 0 Å². The quantitative estimate of drug-likeness (QED) is 0.244. The lowest BCUT2D eigenvalue weighted by Gasteiger charge is -2.19. The molecule has 0 rings (SSSR count). The summed E-state index contributed by atoms with van der Waals surface area (Å²) >= 11 is 0. The summed E-state index contributed by atoms with van der Waals surface area (Å²) in [5.41, 5.74) is 7.80. The standard InChI is InChI=1S/C16H30Si/c1-8-9-10-11-15(14-16(2,3)4)12-13-17(5,6)7/h8,13H,1,9-11,14H2,2-7H3. The molecule has 0 radical (unpaired) electrons. The number of hydrogen-bond donors (Lipinski definition) is 0. The summed E-state index contributed by atoms with van der Waals surface area (Å²) in [6.07, 6.45) is 6.66. The van der Waals surface area contributed by atoms with Crippen LogP contribution in [0.1, 0.15) is 46.5 Å². The SMILES string of the molecule is C=CCCCC(=C=C[Si](C)(C)C)CC(C)(C)C. The topological polar surface area (TPSA) is 0 Å². The third kappa shape index (κ3) is 11.7. The summed E-state index contributed by atoms with van der Waals surface area (Å²) in [6.45, 7) is 17.8. The van der Waals surface area contributed by atoms with Crippen molar-refractivity contribution in [3.63, 3.8) is 0 Å². The first-order valence-electron chi connectivity index (χ1n) is 6.70. The van der Waals surface area contributed by atoms with Crippen molar-refractivity contribution in [3.8, 4) is 0 Å². The molecule has 0 aliphatic rings. The molecule has 0 bridgehead atoms. The number of unbranched alkanes of at least 4 members (excludes halogenated alkanes) is 1. The van der Waals surface area contributed by atoms with Crippen LogP contribution in [0.25, 0.3) is 0 Å². The van der Waals surface area contributed by atoms with Crippen LogP contribution in [-0.4, -0.2) is 8.07 Å². The van der Waals surface area contributed by atoms with Crippen LogP contribution in [0.5, 0.6) is 0 Å². The van der Waals surface area contributed by atoms with Crippen LogP contribution in [0.3, 0.4) is 0 Å². The number of allylic oxidation sites excluding steroid dienone is 2. The zero-order chi connectivity index (χ0) is 13.5. The van der Waals surface area contributed by atoms with E-state index in [2.05, 4.69) is 58.4 Å². The van der Waals surface area contributed by atoms with E-state index >= 15 is 0 Å². The summed E-state index contributed by atoms with van der Waals surface area (Å²) in [7, 11) is -1.12. The molecular weight excluding hydrogens is 220 g/mol. The molecule has 0 fully saturated rings. The van der Waals surface area contributed by atoms with Gasteiger partial charge in [-0.3, -0.25) is 0 Å². The first-order chi connectivity index (χ1) is 7.64. The Morgan fingerprint density at radius 3 is 2.24 bits per heavy atom. The van der Waals surface area contributed by atoms with E-state index in [0.717, 1.165) is 12.8 Å². The van der Waals surface area contributed by atoms with Gasteiger partial charge in [-0.25, -0.2) is 0 Å². The Labute approximate surface area is 110 Å². The first kappa shape index (κ1) is 16.5. The molecule has 0 unspecified atom stereocenters. The molecular formula is C16H30Si. The molecule has 0 heterocycles. The van der Waals surface area contributed by atoms with Gasteiger partial charge in [-0.15, -0.1) is 12.3 Å². The van der Waals surface area contributed by atoms with E-state index in [1.807, 2.05) is 6.08 Å². The fourth-order valence-corrected chi connectivity index (χ4v) is 2.27. The van der Waals surface area contributed by atoms with Gasteiger partial charge in [0.1, 0.15) is 0 Å². The van der Waals surface area contributed by atoms with Crippen LogP contribution in [0.4, 0.5) is 0 Å². The average Bonchev–Trinajstić information content (AvgIpc) is 2.11. The van der Waals surface area contributed by atoms with E-state index in [1.165, 1.54) is 18.4 Å². The Morgan fingerprint density at radius 2 is 1.82 bits per heavy atom. The minimum absolute atomic E-state index is 0.365. The summed E-state index contributed by atoms with van der Waals surface area (Å²) < 4.78 is 0. The molecule has 0 aliphatic heterocycles. The highest BCUT2D eigenvalue weighted by atomic mass is 28.3. The molecule has 0 nitrogen and oxygen atoms in total. The molecule has 0 N–H and O–H groups in total. The van der Waals surface area contributed by atoms with E-state index in [4.69, 9.17) is 0 Å². The lowest BCUT2D eigenvalue weighted by atomic mass is 9.86. The first-order valence-corrected chi connectivity index (χ1v) is 10.3. The maximum absolute atomic E-state index is 3.79. The zero-order valence-corrected chi connectivity index (χ0v) is 13.7. The van der Waals surface area contributed by atoms with Crippen LogP contribution >= 0.6 is 0 Å². The summed E-state index contributed by atoms with van der Waals surface area (Å²) in [5, 5.41) is 0. The molecule has 1 heteroatoms. The lowest BCUT2D eigenvalue weighted by Crippen LogP contribution is -2.15. The maximum Gasteiger partial charge on any atom is 0.0781 e. The van der Waals surface area contributed by atoms with Crippen molar-refractivity contribution < 1.29 is 0 Å². The molecule has 0 aromatic heterocycles. The van der Waals surface area contributed by atoms with Crippen molar-refractivity contribution in [2.45, 2.75) is 66.1 Å². The van der Waals surface area contributed by atoms with Crippen LogP contribution < -0.4 is 0 Å². The van der Waals surface area contributed by atoms with Crippen LogP contribution in [0.2, 0.25) is 19.6 Å². The van der Waals surface area contributed by atoms with Gasteiger partial charge in [0.15, 0.2) is 0 Å². The molecule has 0 atom stereocenters. The second kappa shape index (κ2) is 7.03. The summed E-state index contributed by atoms with van der Waals surface area (Å²) in [6, 6.07) is 0. The Hall–Kier alpha value is -0.523. The van der Waals surface area contributed by atoms with Crippen molar-refractivity contribution in [1.29, 1.82) is 0 Å². The fourth-order valence-electron chi connectivity index (χ4n) is 1.63. The van der Waals surface area contributed by atoms with Crippen molar-refractivity contribution in [2.75, 3.05) is 0 Å². The van der Waals surface area contributed by atoms with E-state index in [0.29, 0.717) is 5.41 Å². The molecule has 0 aliphatic carbocycles. The van der Waals surface area contributed by atoms with Gasteiger partial charge < -0.3 is 0 Å². The highest BCUT2D eigenvalue weighted by molar-refractivity contribution is 6.80. The molecule has 0 spiro atoms. The van der Waals surface area contributed by atoms with Gasteiger partial charge in [-0.05, 0) is 36.7 Å². The second-order valence-corrected chi connectivity index (χ2v) is 12.2.